The van der Waals surface area contributed by atoms with Gasteiger partial charge in [0.15, 0.2) is 5.76 Å². The third-order valence-electron chi connectivity index (χ3n) is 5.77. The molecule has 11 nitrogen and oxygen atoms in total. The Bertz CT molecular complexity index is 1570. The highest BCUT2D eigenvalue weighted by molar-refractivity contribution is 8.34. The van der Waals surface area contributed by atoms with Crippen molar-refractivity contribution in [3.05, 3.63) is 64.3 Å². The zero-order valence-electron chi connectivity index (χ0n) is 22.3. The van der Waals surface area contributed by atoms with Gasteiger partial charge in [-0.2, -0.15) is 0 Å². The largest absolute Gasteiger partial charge is 0.506 e. The van der Waals surface area contributed by atoms with Crippen LogP contribution in [0.15, 0.2) is 57.2 Å². The van der Waals surface area contributed by atoms with E-state index >= 15 is 0 Å². The van der Waals surface area contributed by atoms with Gasteiger partial charge in [0, 0.05) is 11.6 Å². The number of hydrogen-bond donors (Lipinski definition) is 2. The molecule has 0 bridgehead atoms. The smallest absolute Gasteiger partial charge is 0.250 e. The van der Waals surface area contributed by atoms with Crippen LogP contribution < -0.4 is 9.04 Å². The summed E-state index contributed by atoms with van der Waals surface area (Å²) in [6.45, 7) is 3.17. The van der Waals surface area contributed by atoms with E-state index in [0.29, 0.717) is 11.5 Å². The van der Waals surface area contributed by atoms with Gasteiger partial charge in [0.1, 0.15) is 34.3 Å². The molecule has 0 spiro atoms. The second-order valence-corrected chi connectivity index (χ2v) is 16.5. The van der Waals surface area contributed by atoms with E-state index in [-0.39, 0.29) is 34.7 Å². The zero-order chi connectivity index (χ0) is 28.5. The summed E-state index contributed by atoms with van der Waals surface area (Å²) in [4.78, 5) is 4.09. The minimum Gasteiger partial charge on any atom is -0.506 e. The Kier molecular flexibility index (Phi) is 8.12. The molecule has 3 aromatic heterocycles. The molecule has 3 heterocycles. The average Bonchev–Trinajstić information content (AvgIpc) is 3.63. The minimum absolute atomic E-state index is 0.119. The minimum atomic E-state index is -4.33. The zero-order valence-corrected chi connectivity index (χ0v) is 24.8. The summed E-state index contributed by atoms with van der Waals surface area (Å²) in [5, 5.41) is 32.5. The van der Waals surface area contributed by atoms with Gasteiger partial charge in [-0.3, -0.25) is 4.57 Å². The summed E-state index contributed by atoms with van der Waals surface area (Å²) < 4.78 is 42.0. The number of phenols is 1. The lowest BCUT2D eigenvalue weighted by molar-refractivity contribution is 0.172. The van der Waals surface area contributed by atoms with Gasteiger partial charge in [-0.15, -0.1) is 21.5 Å². The first-order valence-electron chi connectivity index (χ1n) is 11.7. The average molecular weight is 594 g/mol. The van der Waals surface area contributed by atoms with E-state index in [1.54, 1.807) is 42.0 Å². The first-order chi connectivity index (χ1) is 18.3. The molecule has 0 fully saturated rings. The predicted octanol–water partition coefficient (Wildman–Crippen LogP) is 4.43. The van der Waals surface area contributed by atoms with E-state index < -0.39 is 31.4 Å². The van der Waals surface area contributed by atoms with Crippen molar-refractivity contribution >= 4 is 37.3 Å². The van der Waals surface area contributed by atoms with Gasteiger partial charge in [0.05, 0.1) is 18.3 Å². The molecule has 2 atom stereocenters. The molecule has 1 aromatic carbocycles. The maximum Gasteiger partial charge on any atom is 0.250 e. The molecule has 0 saturated carbocycles. The number of aromatic nitrogens is 4. The molecular weight excluding hydrogens is 563 g/mol. The normalized spacial score (nSPS) is 14.4. The van der Waals surface area contributed by atoms with E-state index in [2.05, 4.69) is 15.2 Å². The number of para-hydroxylation sites is 1. The van der Waals surface area contributed by atoms with Crippen LogP contribution in [0, 0.1) is 6.92 Å². The summed E-state index contributed by atoms with van der Waals surface area (Å²) >= 11 is 1.25. The number of sulfonamides is 1. The van der Waals surface area contributed by atoms with Crippen molar-refractivity contribution in [1.29, 1.82) is 0 Å². The molecule has 210 valence electrons. The fourth-order valence-corrected chi connectivity index (χ4v) is 6.24. The lowest BCUT2D eigenvalue weighted by atomic mass is 10.2. The molecule has 0 aliphatic carbocycles. The topological polar surface area (TPSA) is 144 Å². The lowest BCUT2D eigenvalue weighted by Gasteiger charge is -2.28. The Morgan fingerprint density at radius 1 is 1.18 bits per heavy atom. The summed E-state index contributed by atoms with van der Waals surface area (Å²) in [5.41, 5.74) is 1.89. The van der Waals surface area contributed by atoms with Crippen molar-refractivity contribution in [2.45, 2.75) is 25.2 Å². The summed E-state index contributed by atoms with van der Waals surface area (Å²) in [6.07, 6.45) is 6.00. The molecular formula is C25H31N5O6S3. The Labute approximate surface area is 232 Å². The lowest BCUT2D eigenvalue weighted by Crippen LogP contribution is -2.38. The molecule has 39 heavy (non-hydrogen) atoms. The van der Waals surface area contributed by atoms with Crippen LogP contribution in [0.3, 0.4) is 0 Å². The van der Waals surface area contributed by atoms with Crippen LogP contribution in [-0.4, -0.2) is 69.5 Å². The van der Waals surface area contributed by atoms with E-state index in [1.807, 2.05) is 18.8 Å². The fourth-order valence-electron chi connectivity index (χ4n) is 3.69. The van der Waals surface area contributed by atoms with Gasteiger partial charge in [-0.1, -0.05) is 6.07 Å². The number of rotatable bonds is 10. The Hall–Kier alpha value is -3.33. The molecule has 4 aromatic rings. The molecule has 4 rings (SSSR count). The van der Waals surface area contributed by atoms with Crippen molar-refractivity contribution in [1.82, 2.24) is 19.7 Å². The molecule has 14 heteroatoms. The Balaban J connectivity index is 2.00. The number of anilines is 1. The number of phenolic OH excluding ortho intramolecular Hbond substituents is 1. The highest BCUT2D eigenvalue weighted by Gasteiger charge is 2.38. The van der Waals surface area contributed by atoms with Crippen LogP contribution in [0.5, 0.6) is 11.5 Å². The quantitative estimate of drug-likeness (QED) is 0.273. The van der Waals surface area contributed by atoms with E-state index in [1.165, 1.54) is 47.7 Å². The number of aliphatic hydroxyl groups excluding tert-OH is 1. The number of nitrogens with zero attached hydrogens (tertiary/aromatic N) is 5. The molecule has 2 N–H and O–H groups in total. The molecule has 0 unspecified atom stereocenters. The monoisotopic (exact) mass is 593 g/mol. The SMILES string of the molecule is COc1cccc(O)c1-n1c(-c2ccc(C)o2)nnc1N(/C=C/S(C)(C)C)S(=O)(=O)[C@@H](C)[C@H](O)c1cscn1. The number of furan rings is 1. The summed E-state index contributed by atoms with van der Waals surface area (Å²) in [5.74, 6) is 0.941. The standard InChI is InChI=1S/C25H31N5O6S3/c1-16-10-11-21(36-16)24-27-28-25(30(24)22-19(31)8-7-9-20(22)35-3)29(12-13-38(4,5)6)39(33,34)17(2)23(32)18-14-37-15-26-18/h7-15,17,23,31-32H,1-6H3/b13-12+/t17-,23-/m0/s1. The van der Waals surface area contributed by atoms with Crippen molar-refractivity contribution in [3.8, 4) is 28.8 Å². The number of benzene rings is 1. The van der Waals surface area contributed by atoms with Gasteiger partial charge in [-0.25, -0.2) is 27.7 Å². The second-order valence-electron chi connectivity index (χ2n) is 9.52. The maximum absolute atomic E-state index is 14.2. The first kappa shape index (κ1) is 28.7. The first-order valence-corrected chi connectivity index (χ1v) is 17.1. The number of aromatic hydroxyl groups is 1. The highest BCUT2D eigenvalue weighted by atomic mass is 32.3. The number of aryl methyl sites for hydroxylation is 1. The molecule has 0 aliphatic rings. The number of thiazole rings is 1. The maximum atomic E-state index is 14.2. The fraction of sp³-hybridized carbons (Fsp3) is 0.320. The predicted molar refractivity (Wildman–Crippen MR) is 154 cm³/mol. The number of hydrogen-bond acceptors (Lipinski definition) is 10. The van der Waals surface area contributed by atoms with E-state index in [4.69, 9.17) is 9.15 Å². The van der Waals surface area contributed by atoms with Gasteiger partial charge < -0.3 is 19.4 Å². The van der Waals surface area contributed by atoms with Crippen LogP contribution >= 0.6 is 21.4 Å². The van der Waals surface area contributed by atoms with Gasteiger partial charge in [0.25, 0.3) is 0 Å². The van der Waals surface area contributed by atoms with Crippen LogP contribution in [-0.2, 0) is 10.0 Å². The van der Waals surface area contributed by atoms with Crippen LogP contribution in [0.1, 0.15) is 24.5 Å². The van der Waals surface area contributed by atoms with Crippen molar-refractivity contribution in [2.75, 3.05) is 30.2 Å². The van der Waals surface area contributed by atoms with Crippen LogP contribution in [0.25, 0.3) is 17.3 Å². The van der Waals surface area contributed by atoms with Crippen molar-refractivity contribution in [3.63, 3.8) is 0 Å². The summed E-state index contributed by atoms with van der Waals surface area (Å²) in [6, 6.07) is 8.08. The third kappa shape index (κ3) is 5.83. The van der Waals surface area contributed by atoms with Gasteiger partial charge in [-0.05, 0) is 62.3 Å². The van der Waals surface area contributed by atoms with Crippen LogP contribution in [0.4, 0.5) is 5.95 Å². The number of ether oxygens (including phenoxy) is 1. The molecule has 0 amide bonds. The van der Waals surface area contributed by atoms with Crippen molar-refractivity contribution < 1.29 is 27.8 Å². The highest BCUT2D eigenvalue weighted by Crippen LogP contribution is 2.41. The third-order valence-corrected chi connectivity index (χ3v) is 9.35. The Morgan fingerprint density at radius 2 is 1.92 bits per heavy atom. The van der Waals surface area contributed by atoms with Gasteiger partial charge in [0.2, 0.25) is 21.8 Å². The van der Waals surface area contributed by atoms with E-state index in [0.717, 1.165) is 4.31 Å². The number of aliphatic hydroxyl groups is 1. The molecule has 0 saturated heterocycles. The number of methoxy groups -OCH3 is 1. The molecule has 0 radical (unpaired) electrons. The van der Waals surface area contributed by atoms with E-state index in [9.17, 15) is 18.6 Å². The Morgan fingerprint density at radius 3 is 2.51 bits per heavy atom. The van der Waals surface area contributed by atoms with Crippen molar-refractivity contribution in [2.24, 2.45) is 0 Å². The molecule has 0 aliphatic heterocycles. The van der Waals surface area contributed by atoms with Crippen LogP contribution in [0.2, 0.25) is 0 Å². The van der Waals surface area contributed by atoms with Gasteiger partial charge >= 0.3 is 0 Å². The second kappa shape index (κ2) is 11.0. The summed E-state index contributed by atoms with van der Waals surface area (Å²) in [7, 11) is -4.22.